The molecular weight excluding hydrogens is 176 g/mol. The Labute approximate surface area is 86.7 Å². The van der Waals surface area contributed by atoms with E-state index >= 15 is 0 Å². The number of rotatable bonds is 2. The van der Waals surface area contributed by atoms with Crippen LogP contribution in [-0.2, 0) is 0 Å². The summed E-state index contributed by atoms with van der Waals surface area (Å²) in [6, 6.07) is 0.766. The molecule has 3 heteroatoms. The molecule has 2 rings (SSSR count). The molecule has 0 aromatic rings. The van der Waals surface area contributed by atoms with Crippen LogP contribution in [-0.4, -0.2) is 53.4 Å². The van der Waals surface area contributed by atoms with Crippen molar-refractivity contribution >= 4 is 0 Å². The van der Waals surface area contributed by atoms with E-state index in [-0.39, 0.29) is 6.10 Å². The third-order valence-corrected chi connectivity index (χ3v) is 3.63. The van der Waals surface area contributed by atoms with Crippen LogP contribution in [0, 0.1) is 0 Å². The number of aliphatic hydroxyl groups is 1. The van der Waals surface area contributed by atoms with E-state index in [1.165, 1.54) is 19.4 Å². The SMILES string of the molecule is C[C@H]1CCCN1CN1CCC(O)CC1. The molecule has 0 saturated carbocycles. The summed E-state index contributed by atoms with van der Waals surface area (Å²) in [5.41, 5.74) is 0. The summed E-state index contributed by atoms with van der Waals surface area (Å²) in [5, 5.41) is 9.40. The Balaban J connectivity index is 1.74. The summed E-state index contributed by atoms with van der Waals surface area (Å²) in [4.78, 5) is 5.05. The van der Waals surface area contributed by atoms with Crippen molar-refractivity contribution in [1.29, 1.82) is 0 Å². The average molecular weight is 198 g/mol. The van der Waals surface area contributed by atoms with Gasteiger partial charge in [-0.05, 0) is 39.2 Å². The van der Waals surface area contributed by atoms with Gasteiger partial charge in [-0.3, -0.25) is 9.80 Å². The highest BCUT2D eigenvalue weighted by molar-refractivity contribution is 4.77. The lowest BCUT2D eigenvalue weighted by Gasteiger charge is -2.34. The van der Waals surface area contributed by atoms with Crippen molar-refractivity contribution < 1.29 is 5.11 Å². The molecule has 2 saturated heterocycles. The van der Waals surface area contributed by atoms with E-state index in [0.717, 1.165) is 38.6 Å². The first-order chi connectivity index (χ1) is 6.75. The second kappa shape index (κ2) is 4.60. The van der Waals surface area contributed by atoms with E-state index in [1.807, 2.05) is 0 Å². The predicted molar refractivity (Wildman–Crippen MR) is 57.1 cm³/mol. The van der Waals surface area contributed by atoms with Crippen LogP contribution >= 0.6 is 0 Å². The van der Waals surface area contributed by atoms with Crippen LogP contribution in [0.5, 0.6) is 0 Å². The number of piperidine rings is 1. The molecule has 2 heterocycles. The van der Waals surface area contributed by atoms with Crippen LogP contribution in [0.15, 0.2) is 0 Å². The summed E-state index contributed by atoms with van der Waals surface area (Å²) < 4.78 is 0. The van der Waals surface area contributed by atoms with E-state index in [9.17, 15) is 5.11 Å². The lowest BCUT2D eigenvalue weighted by Crippen LogP contribution is -2.44. The van der Waals surface area contributed by atoms with Gasteiger partial charge in [0, 0.05) is 19.1 Å². The number of aliphatic hydroxyl groups excluding tert-OH is 1. The highest BCUT2D eigenvalue weighted by atomic mass is 16.3. The third-order valence-electron chi connectivity index (χ3n) is 3.63. The minimum atomic E-state index is -0.0396. The number of nitrogens with zero attached hydrogens (tertiary/aromatic N) is 2. The molecule has 0 spiro atoms. The van der Waals surface area contributed by atoms with E-state index < -0.39 is 0 Å². The minimum absolute atomic E-state index is 0.0396. The molecule has 82 valence electrons. The summed E-state index contributed by atoms with van der Waals surface area (Å²) in [6.45, 7) is 6.86. The summed E-state index contributed by atoms with van der Waals surface area (Å²) in [7, 11) is 0. The fourth-order valence-electron chi connectivity index (χ4n) is 2.52. The number of likely N-dealkylation sites (tertiary alicyclic amines) is 2. The summed E-state index contributed by atoms with van der Waals surface area (Å²) in [5.74, 6) is 0. The van der Waals surface area contributed by atoms with E-state index in [0.29, 0.717) is 0 Å². The predicted octanol–water partition coefficient (Wildman–Crippen LogP) is 0.885. The van der Waals surface area contributed by atoms with Crippen LogP contribution in [0.2, 0.25) is 0 Å². The monoisotopic (exact) mass is 198 g/mol. The molecule has 1 atom stereocenters. The smallest absolute Gasteiger partial charge is 0.0564 e. The molecule has 0 radical (unpaired) electrons. The third kappa shape index (κ3) is 2.47. The molecule has 2 fully saturated rings. The van der Waals surface area contributed by atoms with Crippen LogP contribution in [0.3, 0.4) is 0 Å². The second-order valence-corrected chi connectivity index (χ2v) is 4.79. The zero-order valence-electron chi connectivity index (χ0n) is 9.15. The summed E-state index contributed by atoms with van der Waals surface area (Å²) >= 11 is 0. The average Bonchev–Trinajstić information content (AvgIpc) is 2.56. The molecule has 0 aromatic heterocycles. The number of hydrogen-bond acceptors (Lipinski definition) is 3. The van der Waals surface area contributed by atoms with Crippen LogP contribution in [0.1, 0.15) is 32.6 Å². The van der Waals surface area contributed by atoms with Crippen LogP contribution in [0.25, 0.3) is 0 Å². The molecule has 2 aliphatic rings. The first kappa shape index (κ1) is 10.4. The first-order valence-electron chi connectivity index (χ1n) is 5.90. The van der Waals surface area contributed by atoms with Gasteiger partial charge < -0.3 is 5.11 Å². The van der Waals surface area contributed by atoms with Crippen molar-refractivity contribution in [3.05, 3.63) is 0 Å². The fourth-order valence-corrected chi connectivity index (χ4v) is 2.52. The Morgan fingerprint density at radius 1 is 1.14 bits per heavy atom. The van der Waals surface area contributed by atoms with Gasteiger partial charge in [-0.1, -0.05) is 0 Å². The standard InChI is InChI=1S/C11H22N2O/c1-10-3-2-6-13(10)9-12-7-4-11(14)5-8-12/h10-11,14H,2-9H2,1H3/t10-/m0/s1. The molecule has 0 unspecified atom stereocenters. The molecular formula is C11H22N2O. The van der Waals surface area contributed by atoms with Gasteiger partial charge in [-0.15, -0.1) is 0 Å². The van der Waals surface area contributed by atoms with Crippen molar-refractivity contribution in [1.82, 2.24) is 9.80 Å². The lowest BCUT2D eigenvalue weighted by molar-refractivity contribution is 0.0472. The maximum atomic E-state index is 9.40. The molecule has 0 bridgehead atoms. The van der Waals surface area contributed by atoms with E-state index in [1.54, 1.807) is 0 Å². The lowest BCUT2D eigenvalue weighted by atomic mass is 10.1. The first-order valence-corrected chi connectivity index (χ1v) is 5.90. The minimum Gasteiger partial charge on any atom is -0.393 e. The Hall–Kier alpha value is -0.120. The van der Waals surface area contributed by atoms with E-state index in [4.69, 9.17) is 0 Å². The second-order valence-electron chi connectivity index (χ2n) is 4.79. The molecule has 1 N–H and O–H groups in total. The van der Waals surface area contributed by atoms with Crippen LogP contribution in [0.4, 0.5) is 0 Å². The van der Waals surface area contributed by atoms with Gasteiger partial charge in [0.05, 0.1) is 12.8 Å². The van der Waals surface area contributed by atoms with E-state index in [2.05, 4.69) is 16.7 Å². The normalized spacial score (nSPS) is 32.6. The molecule has 14 heavy (non-hydrogen) atoms. The zero-order valence-corrected chi connectivity index (χ0v) is 9.15. The highest BCUT2D eigenvalue weighted by Crippen LogP contribution is 2.18. The molecule has 0 amide bonds. The number of hydrogen-bond donors (Lipinski definition) is 1. The van der Waals surface area contributed by atoms with Crippen molar-refractivity contribution in [2.45, 2.75) is 44.8 Å². The largest absolute Gasteiger partial charge is 0.393 e. The van der Waals surface area contributed by atoms with Crippen molar-refractivity contribution in [2.75, 3.05) is 26.3 Å². The van der Waals surface area contributed by atoms with Crippen LogP contribution < -0.4 is 0 Å². The fraction of sp³-hybridized carbons (Fsp3) is 1.00. The maximum absolute atomic E-state index is 9.40. The van der Waals surface area contributed by atoms with Crippen molar-refractivity contribution in [3.8, 4) is 0 Å². The Kier molecular flexibility index (Phi) is 3.42. The van der Waals surface area contributed by atoms with Gasteiger partial charge in [-0.2, -0.15) is 0 Å². The molecule has 0 aromatic carbocycles. The van der Waals surface area contributed by atoms with Gasteiger partial charge >= 0.3 is 0 Å². The molecule has 2 aliphatic heterocycles. The molecule has 0 aliphatic carbocycles. The van der Waals surface area contributed by atoms with Crippen molar-refractivity contribution in [3.63, 3.8) is 0 Å². The topological polar surface area (TPSA) is 26.7 Å². The maximum Gasteiger partial charge on any atom is 0.0564 e. The zero-order chi connectivity index (χ0) is 9.97. The van der Waals surface area contributed by atoms with Gasteiger partial charge in [0.2, 0.25) is 0 Å². The van der Waals surface area contributed by atoms with Gasteiger partial charge in [-0.25, -0.2) is 0 Å². The van der Waals surface area contributed by atoms with Gasteiger partial charge in [0.15, 0.2) is 0 Å². The Bertz CT molecular complexity index is 178. The Morgan fingerprint density at radius 3 is 2.43 bits per heavy atom. The van der Waals surface area contributed by atoms with Gasteiger partial charge in [0.1, 0.15) is 0 Å². The van der Waals surface area contributed by atoms with Crippen molar-refractivity contribution in [2.24, 2.45) is 0 Å². The Morgan fingerprint density at radius 2 is 1.86 bits per heavy atom. The molecule has 3 nitrogen and oxygen atoms in total. The summed E-state index contributed by atoms with van der Waals surface area (Å²) in [6.07, 6.45) is 4.60. The highest BCUT2D eigenvalue weighted by Gasteiger charge is 2.24. The van der Waals surface area contributed by atoms with Gasteiger partial charge in [0.25, 0.3) is 0 Å². The quantitative estimate of drug-likeness (QED) is 0.713.